The molecule has 0 spiro atoms. The molecule has 8 heteroatoms. The van der Waals surface area contributed by atoms with E-state index in [0.29, 0.717) is 17.0 Å². The van der Waals surface area contributed by atoms with Crippen molar-refractivity contribution in [3.8, 4) is 0 Å². The molecule has 130 valence electrons. The molecule has 0 bridgehead atoms. The van der Waals surface area contributed by atoms with Crippen LogP contribution >= 0.6 is 0 Å². The number of sulfonamides is 1. The molecule has 0 aliphatic rings. The van der Waals surface area contributed by atoms with E-state index in [1.807, 2.05) is 0 Å². The van der Waals surface area contributed by atoms with Gasteiger partial charge in [0.05, 0.1) is 17.0 Å². The number of hydrogen-bond acceptors (Lipinski definition) is 5. The Labute approximate surface area is 141 Å². The molecule has 1 aromatic carbocycles. The van der Waals surface area contributed by atoms with Crippen molar-refractivity contribution in [1.82, 2.24) is 4.72 Å². The van der Waals surface area contributed by atoms with Crippen LogP contribution in [-0.2, 0) is 16.6 Å². The summed E-state index contributed by atoms with van der Waals surface area (Å²) in [6.45, 7) is 5.46. The van der Waals surface area contributed by atoms with E-state index in [9.17, 15) is 13.2 Å². The minimum absolute atomic E-state index is 0.0741. The Hall–Kier alpha value is -2.16. The molecule has 1 amide bonds. The smallest absolute Gasteiger partial charge is 0.258 e. The predicted octanol–water partition coefficient (Wildman–Crippen LogP) is 2.07. The zero-order valence-corrected chi connectivity index (χ0v) is 14.6. The number of nitrogens with one attached hydrogen (secondary N) is 2. The third-order valence-electron chi connectivity index (χ3n) is 2.96. The maximum Gasteiger partial charge on any atom is 0.258 e. The Balaban J connectivity index is 2.20. The summed E-state index contributed by atoms with van der Waals surface area (Å²) >= 11 is 0. The zero-order chi connectivity index (χ0) is 18.0. The predicted molar refractivity (Wildman–Crippen MR) is 91.1 cm³/mol. The molecule has 0 atom stereocenters. The Morgan fingerprint density at radius 2 is 1.96 bits per heavy atom. The first-order valence-corrected chi connectivity index (χ1v) is 8.82. The first-order chi connectivity index (χ1) is 11.1. The molecule has 4 N–H and O–H groups in total. The average Bonchev–Trinajstić information content (AvgIpc) is 2.94. The Morgan fingerprint density at radius 1 is 1.25 bits per heavy atom. The van der Waals surface area contributed by atoms with Gasteiger partial charge in [0.2, 0.25) is 10.0 Å². The molecule has 0 radical (unpaired) electrons. The van der Waals surface area contributed by atoms with Gasteiger partial charge in [0.1, 0.15) is 12.0 Å². The lowest BCUT2D eigenvalue weighted by Gasteiger charge is -2.20. The number of carbonyl (C=O) groups is 1. The summed E-state index contributed by atoms with van der Waals surface area (Å²) in [4.78, 5) is 12.2. The topological polar surface area (TPSA) is 114 Å². The molecule has 0 fully saturated rings. The third-order valence-corrected chi connectivity index (χ3v) is 4.72. The van der Waals surface area contributed by atoms with Gasteiger partial charge in [0, 0.05) is 11.2 Å². The normalized spacial score (nSPS) is 12.2. The van der Waals surface area contributed by atoms with Crippen LogP contribution in [0.4, 0.5) is 5.69 Å². The molecule has 2 aromatic rings. The highest BCUT2D eigenvalue weighted by Crippen LogP contribution is 2.18. The van der Waals surface area contributed by atoms with Crippen molar-refractivity contribution >= 4 is 21.6 Å². The minimum atomic E-state index is -3.68. The number of rotatable bonds is 5. The lowest BCUT2D eigenvalue weighted by molar-refractivity contribution is 0.102. The van der Waals surface area contributed by atoms with E-state index >= 15 is 0 Å². The van der Waals surface area contributed by atoms with Gasteiger partial charge in [0.15, 0.2) is 0 Å². The van der Waals surface area contributed by atoms with Crippen LogP contribution < -0.4 is 15.8 Å². The van der Waals surface area contributed by atoms with Gasteiger partial charge in [-0.25, -0.2) is 13.1 Å². The van der Waals surface area contributed by atoms with Crippen molar-refractivity contribution in [3.63, 3.8) is 0 Å². The quantitative estimate of drug-likeness (QED) is 0.763. The summed E-state index contributed by atoms with van der Waals surface area (Å²) in [6.07, 6.45) is 1.30. The maximum atomic E-state index is 12.3. The van der Waals surface area contributed by atoms with E-state index in [2.05, 4.69) is 10.0 Å². The monoisotopic (exact) mass is 351 g/mol. The first kappa shape index (κ1) is 18.2. The average molecular weight is 351 g/mol. The number of anilines is 1. The summed E-state index contributed by atoms with van der Waals surface area (Å²) in [5, 5.41) is 2.64. The highest BCUT2D eigenvalue weighted by molar-refractivity contribution is 7.89. The number of amides is 1. The van der Waals surface area contributed by atoms with E-state index in [-0.39, 0.29) is 11.4 Å². The SMILES string of the molecule is CC(C)(C)NS(=O)(=O)c1cccc(NC(=O)c2coc(CN)c2)c1. The van der Waals surface area contributed by atoms with Gasteiger partial charge >= 0.3 is 0 Å². The van der Waals surface area contributed by atoms with Crippen molar-refractivity contribution in [2.75, 3.05) is 5.32 Å². The zero-order valence-electron chi connectivity index (χ0n) is 13.8. The lowest BCUT2D eigenvalue weighted by Crippen LogP contribution is -2.40. The maximum absolute atomic E-state index is 12.3. The fourth-order valence-corrected chi connectivity index (χ4v) is 3.48. The molecule has 1 heterocycles. The standard InChI is InChI=1S/C16H21N3O4S/c1-16(2,3)19-24(21,22)14-6-4-5-12(8-14)18-15(20)11-7-13(9-17)23-10-11/h4-8,10,19H,9,17H2,1-3H3,(H,18,20). The molecule has 0 saturated carbocycles. The fraction of sp³-hybridized carbons (Fsp3) is 0.312. The van der Waals surface area contributed by atoms with Crippen molar-refractivity contribution in [3.05, 3.63) is 47.9 Å². The third kappa shape index (κ3) is 4.67. The minimum Gasteiger partial charge on any atom is -0.467 e. The van der Waals surface area contributed by atoms with Crippen LogP contribution in [-0.4, -0.2) is 19.9 Å². The molecule has 0 aliphatic heterocycles. The van der Waals surface area contributed by atoms with Crippen LogP contribution in [0.3, 0.4) is 0 Å². The highest BCUT2D eigenvalue weighted by atomic mass is 32.2. The van der Waals surface area contributed by atoms with Gasteiger partial charge in [-0.2, -0.15) is 0 Å². The molecule has 24 heavy (non-hydrogen) atoms. The van der Waals surface area contributed by atoms with Crippen LogP contribution in [0.1, 0.15) is 36.9 Å². The van der Waals surface area contributed by atoms with Crippen LogP contribution in [0.2, 0.25) is 0 Å². The van der Waals surface area contributed by atoms with E-state index in [4.69, 9.17) is 10.2 Å². The first-order valence-electron chi connectivity index (χ1n) is 7.33. The summed E-state index contributed by atoms with van der Waals surface area (Å²) in [5.41, 5.74) is 5.52. The van der Waals surface area contributed by atoms with E-state index < -0.39 is 21.5 Å². The van der Waals surface area contributed by atoms with E-state index in [0.717, 1.165) is 0 Å². The molecular formula is C16H21N3O4S. The lowest BCUT2D eigenvalue weighted by atomic mass is 10.1. The van der Waals surface area contributed by atoms with Crippen molar-refractivity contribution in [2.24, 2.45) is 5.73 Å². The molecular weight excluding hydrogens is 330 g/mol. The van der Waals surface area contributed by atoms with Crippen LogP contribution in [0.15, 0.2) is 45.9 Å². The van der Waals surface area contributed by atoms with Crippen LogP contribution in [0, 0.1) is 0 Å². The number of carbonyl (C=O) groups excluding carboxylic acids is 1. The molecule has 7 nitrogen and oxygen atoms in total. The molecule has 0 saturated heterocycles. The van der Waals surface area contributed by atoms with Gasteiger partial charge in [-0.15, -0.1) is 0 Å². The van der Waals surface area contributed by atoms with Gasteiger partial charge in [0.25, 0.3) is 5.91 Å². The highest BCUT2D eigenvalue weighted by Gasteiger charge is 2.22. The summed E-state index contributed by atoms with van der Waals surface area (Å²) in [5.74, 6) is 0.0858. The Bertz CT molecular complexity index is 835. The number of benzene rings is 1. The summed E-state index contributed by atoms with van der Waals surface area (Å²) in [6, 6.07) is 7.58. The van der Waals surface area contributed by atoms with Gasteiger partial charge in [-0.3, -0.25) is 4.79 Å². The fourth-order valence-electron chi connectivity index (χ4n) is 2.01. The van der Waals surface area contributed by atoms with E-state index in [1.54, 1.807) is 32.9 Å². The number of hydrogen-bond donors (Lipinski definition) is 3. The number of furan rings is 1. The Morgan fingerprint density at radius 3 is 2.54 bits per heavy atom. The largest absolute Gasteiger partial charge is 0.467 e. The Kier molecular flexibility index (Phi) is 5.12. The second-order valence-corrected chi connectivity index (χ2v) is 8.03. The second kappa shape index (κ2) is 6.76. The molecule has 1 aromatic heterocycles. The van der Waals surface area contributed by atoms with Crippen molar-refractivity contribution < 1.29 is 17.6 Å². The van der Waals surface area contributed by atoms with Gasteiger partial charge in [-0.1, -0.05) is 6.07 Å². The number of nitrogens with two attached hydrogens (primary N) is 1. The second-order valence-electron chi connectivity index (χ2n) is 6.34. The van der Waals surface area contributed by atoms with Crippen molar-refractivity contribution in [1.29, 1.82) is 0 Å². The van der Waals surface area contributed by atoms with Crippen molar-refractivity contribution in [2.45, 2.75) is 37.8 Å². The van der Waals surface area contributed by atoms with Gasteiger partial charge < -0.3 is 15.5 Å². The summed E-state index contributed by atoms with van der Waals surface area (Å²) < 4.78 is 32.4. The van der Waals surface area contributed by atoms with E-state index in [1.165, 1.54) is 24.5 Å². The molecule has 2 rings (SSSR count). The van der Waals surface area contributed by atoms with Crippen LogP contribution in [0.25, 0.3) is 0 Å². The summed E-state index contributed by atoms with van der Waals surface area (Å²) in [7, 11) is -3.68. The molecule has 0 aliphatic carbocycles. The molecule has 0 unspecified atom stereocenters. The van der Waals surface area contributed by atoms with Gasteiger partial charge in [-0.05, 0) is 45.0 Å². The van der Waals surface area contributed by atoms with Crippen LogP contribution in [0.5, 0.6) is 0 Å².